The molecule has 0 bridgehead atoms. The van der Waals surface area contributed by atoms with Gasteiger partial charge in [-0.1, -0.05) is 12.1 Å². The summed E-state index contributed by atoms with van der Waals surface area (Å²) in [4.78, 5) is 12.7. The molecule has 0 aliphatic rings. The Kier molecular flexibility index (Phi) is 6.30. The Morgan fingerprint density at radius 3 is 2.15 bits per heavy atom. The largest absolute Gasteiger partial charge is 0.435 e. The summed E-state index contributed by atoms with van der Waals surface area (Å²) in [5.41, 5.74) is 2.75. The minimum Gasteiger partial charge on any atom is -0.395 e. The quantitative estimate of drug-likeness (QED) is 0.417. The summed E-state index contributed by atoms with van der Waals surface area (Å²) in [6, 6.07) is 10.5. The van der Waals surface area contributed by atoms with Crippen molar-refractivity contribution in [3.05, 3.63) is 77.5 Å². The highest BCUT2D eigenvalue weighted by molar-refractivity contribution is 5.74. The number of halogens is 6. The molecule has 33 heavy (non-hydrogen) atoms. The average molecular weight is 468 g/mol. The summed E-state index contributed by atoms with van der Waals surface area (Å²) < 4.78 is 77.0. The molecule has 0 atom stereocenters. The summed E-state index contributed by atoms with van der Waals surface area (Å²) in [7, 11) is 0. The number of alkyl halides is 6. The fraction of sp³-hybridized carbons (Fsp3) is 0.238. The average Bonchev–Trinajstić information content (AvgIpc) is 3.24. The van der Waals surface area contributed by atoms with Crippen molar-refractivity contribution in [1.82, 2.24) is 19.7 Å². The van der Waals surface area contributed by atoms with E-state index in [9.17, 15) is 26.3 Å². The van der Waals surface area contributed by atoms with Crippen molar-refractivity contribution >= 4 is 12.0 Å². The van der Waals surface area contributed by atoms with Crippen LogP contribution in [0, 0.1) is 0 Å². The standard InChI is InChI=1S/C21H18F6N6/c1-19(2,14-5-3-7-17(30-14)29-11-9-13(28)20(22,23)24)15-6-4-8-18(31-15)33-12-10-16(32-33)21(25,26)27/h3-12H,28H2,1-2H3. The van der Waals surface area contributed by atoms with E-state index < -0.39 is 29.2 Å². The number of hydrogen-bond acceptors (Lipinski definition) is 5. The number of nitrogens with zero attached hydrogens (tertiary/aromatic N) is 5. The second kappa shape index (κ2) is 8.68. The molecule has 0 aromatic carbocycles. The minimum atomic E-state index is -4.66. The monoisotopic (exact) mass is 468 g/mol. The van der Waals surface area contributed by atoms with Crippen molar-refractivity contribution in [2.75, 3.05) is 0 Å². The van der Waals surface area contributed by atoms with E-state index in [1.807, 2.05) is 0 Å². The van der Waals surface area contributed by atoms with Crippen LogP contribution >= 0.6 is 0 Å². The first-order valence-corrected chi connectivity index (χ1v) is 9.44. The van der Waals surface area contributed by atoms with Crippen LogP contribution in [0.5, 0.6) is 0 Å². The molecule has 0 aliphatic carbocycles. The molecule has 12 heteroatoms. The lowest BCUT2D eigenvalue weighted by Gasteiger charge is -2.24. The van der Waals surface area contributed by atoms with Crippen LogP contribution in [0.3, 0.4) is 0 Å². The second-order valence-electron chi connectivity index (χ2n) is 7.43. The smallest absolute Gasteiger partial charge is 0.395 e. The minimum absolute atomic E-state index is 0.143. The predicted molar refractivity (Wildman–Crippen MR) is 109 cm³/mol. The van der Waals surface area contributed by atoms with Crippen LogP contribution in [-0.2, 0) is 11.6 Å². The molecular weight excluding hydrogens is 450 g/mol. The molecule has 0 aliphatic heterocycles. The molecule has 3 aromatic heterocycles. The van der Waals surface area contributed by atoms with Crippen LogP contribution in [0.1, 0.15) is 30.9 Å². The molecule has 0 amide bonds. The lowest BCUT2D eigenvalue weighted by atomic mass is 9.84. The Hall–Kier alpha value is -3.70. The number of allylic oxidation sites excluding steroid dienone is 2. The van der Waals surface area contributed by atoms with Gasteiger partial charge < -0.3 is 5.73 Å². The van der Waals surface area contributed by atoms with Crippen molar-refractivity contribution < 1.29 is 26.3 Å². The van der Waals surface area contributed by atoms with E-state index in [1.54, 1.807) is 38.1 Å². The van der Waals surface area contributed by atoms with E-state index in [1.165, 1.54) is 12.1 Å². The molecule has 0 radical (unpaired) electrons. The molecule has 3 heterocycles. The molecule has 2 N–H and O–H groups in total. The number of aliphatic imine (C=N–C) groups is 1. The number of nitrogens with two attached hydrogens (primary N) is 1. The highest BCUT2D eigenvalue weighted by Crippen LogP contribution is 2.31. The van der Waals surface area contributed by atoms with Crippen molar-refractivity contribution in [2.45, 2.75) is 31.6 Å². The van der Waals surface area contributed by atoms with Gasteiger partial charge in [0.05, 0.1) is 11.4 Å². The molecule has 174 valence electrons. The fourth-order valence-corrected chi connectivity index (χ4v) is 2.76. The third-order valence-corrected chi connectivity index (χ3v) is 4.65. The molecule has 0 unspecified atom stereocenters. The van der Waals surface area contributed by atoms with Crippen LogP contribution in [0.25, 0.3) is 5.82 Å². The van der Waals surface area contributed by atoms with Crippen LogP contribution in [0.4, 0.5) is 32.2 Å². The molecule has 0 fully saturated rings. The van der Waals surface area contributed by atoms with Gasteiger partial charge >= 0.3 is 12.4 Å². The summed E-state index contributed by atoms with van der Waals surface area (Å²) >= 11 is 0. The molecule has 3 rings (SSSR count). The molecule has 0 saturated carbocycles. The highest BCUT2D eigenvalue weighted by atomic mass is 19.4. The number of pyridine rings is 2. The third kappa shape index (κ3) is 5.57. The van der Waals surface area contributed by atoms with Gasteiger partial charge in [-0.3, -0.25) is 0 Å². The van der Waals surface area contributed by atoms with E-state index in [0.717, 1.165) is 23.2 Å². The maximum absolute atomic E-state index is 12.9. The Morgan fingerprint density at radius 1 is 0.909 bits per heavy atom. The first-order valence-electron chi connectivity index (χ1n) is 9.44. The third-order valence-electron chi connectivity index (χ3n) is 4.65. The zero-order chi connectivity index (χ0) is 24.4. The maximum atomic E-state index is 12.9. The zero-order valence-corrected chi connectivity index (χ0v) is 17.4. The summed E-state index contributed by atoms with van der Waals surface area (Å²) in [6.07, 6.45) is -6.54. The molecular formula is C21H18F6N6. The Balaban J connectivity index is 1.90. The van der Waals surface area contributed by atoms with Gasteiger partial charge in [0, 0.05) is 17.8 Å². The van der Waals surface area contributed by atoms with Crippen molar-refractivity contribution in [3.8, 4) is 5.82 Å². The second-order valence-corrected chi connectivity index (χ2v) is 7.43. The summed E-state index contributed by atoms with van der Waals surface area (Å²) in [5.74, 6) is 0.322. The van der Waals surface area contributed by atoms with Gasteiger partial charge in [0.1, 0.15) is 5.70 Å². The van der Waals surface area contributed by atoms with E-state index in [-0.39, 0.29) is 11.6 Å². The van der Waals surface area contributed by atoms with E-state index >= 15 is 0 Å². The molecule has 6 nitrogen and oxygen atoms in total. The van der Waals surface area contributed by atoms with Gasteiger partial charge in [-0.25, -0.2) is 19.6 Å². The van der Waals surface area contributed by atoms with Gasteiger partial charge in [-0.05, 0) is 50.3 Å². The van der Waals surface area contributed by atoms with Gasteiger partial charge in [0.2, 0.25) is 0 Å². The van der Waals surface area contributed by atoms with Crippen molar-refractivity contribution in [1.29, 1.82) is 0 Å². The van der Waals surface area contributed by atoms with Crippen LogP contribution in [0.2, 0.25) is 0 Å². The Bertz CT molecular complexity index is 1190. The molecule has 3 aromatic rings. The Morgan fingerprint density at radius 2 is 1.55 bits per heavy atom. The lowest BCUT2D eigenvalue weighted by molar-refractivity contribution is -0.141. The van der Waals surface area contributed by atoms with Gasteiger partial charge in [-0.15, -0.1) is 0 Å². The number of rotatable bonds is 5. The fourth-order valence-electron chi connectivity index (χ4n) is 2.76. The zero-order valence-electron chi connectivity index (χ0n) is 17.4. The maximum Gasteiger partial charge on any atom is 0.435 e. The van der Waals surface area contributed by atoms with Crippen LogP contribution in [-0.4, -0.2) is 32.1 Å². The number of hydrogen-bond donors (Lipinski definition) is 1. The van der Waals surface area contributed by atoms with E-state index in [2.05, 4.69) is 20.1 Å². The Labute approximate surface area is 184 Å². The normalized spacial score (nSPS) is 13.6. The highest BCUT2D eigenvalue weighted by Gasteiger charge is 2.34. The van der Waals surface area contributed by atoms with E-state index in [4.69, 9.17) is 5.73 Å². The first kappa shape index (κ1) is 24.0. The van der Waals surface area contributed by atoms with Crippen LogP contribution < -0.4 is 5.73 Å². The van der Waals surface area contributed by atoms with Crippen molar-refractivity contribution in [3.63, 3.8) is 0 Å². The number of aromatic nitrogens is 4. The van der Waals surface area contributed by atoms with Crippen LogP contribution in [0.15, 0.2) is 65.4 Å². The topological polar surface area (TPSA) is 82.0 Å². The summed E-state index contributed by atoms with van der Waals surface area (Å²) in [5, 5.41) is 3.53. The van der Waals surface area contributed by atoms with Gasteiger partial charge in [0.15, 0.2) is 17.3 Å². The summed E-state index contributed by atoms with van der Waals surface area (Å²) in [6.45, 7) is 3.58. The molecule has 0 spiro atoms. The van der Waals surface area contributed by atoms with Gasteiger partial charge in [-0.2, -0.15) is 31.4 Å². The first-order chi connectivity index (χ1) is 15.3. The predicted octanol–water partition coefficient (Wildman–Crippen LogP) is 5.11. The van der Waals surface area contributed by atoms with Crippen molar-refractivity contribution in [2.24, 2.45) is 10.7 Å². The van der Waals surface area contributed by atoms with E-state index in [0.29, 0.717) is 17.5 Å². The van der Waals surface area contributed by atoms with Gasteiger partial charge in [0.25, 0.3) is 0 Å². The lowest BCUT2D eigenvalue weighted by Crippen LogP contribution is -2.22. The molecule has 0 saturated heterocycles. The SMILES string of the molecule is CC(C)(c1cccc(N=CC=C(N)C(F)(F)F)n1)c1cccc(-n2ccc(C(F)(F)F)n2)n1.